The van der Waals surface area contributed by atoms with Gasteiger partial charge in [0.05, 0.1) is 0 Å². The van der Waals surface area contributed by atoms with Crippen LogP contribution in [0.25, 0.3) is 0 Å². The molecular weight excluding hydrogens is 378 g/mol. The highest BCUT2D eigenvalue weighted by Gasteiger charge is 2.44. The predicted molar refractivity (Wildman–Crippen MR) is 127 cm³/mol. The Labute approximate surface area is 176 Å². The van der Waals surface area contributed by atoms with Crippen LogP contribution in [0.5, 0.6) is 11.5 Å². The van der Waals surface area contributed by atoms with Gasteiger partial charge in [-0.2, -0.15) is 0 Å². The topological polar surface area (TPSA) is 21.7 Å². The lowest BCUT2D eigenvalue weighted by Gasteiger charge is -2.39. The molecule has 2 atom stereocenters. The van der Waals surface area contributed by atoms with Crippen LogP contribution in [-0.4, -0.2) is 41.7 Å². The Bertz CT molecular complexity index is 700. The van der Waals surface area contributed by atoms with Crippen molar-refractivity contribution in [2.24, 2.45) is 0 Å². The van der Waals surface area contributed by atoms with Gasteiger partial charge in [0.15, 0.2) is 0 Å². The van der Waals surface area contributed by atoms with Crippen LogP contribution in [-0.2, 0) is 0 Å². The van der Waals surface area contributed by atoms with Gasteiger partial charge in [0.25, 0.3) is 16.6 Å². The number of hydrogen-bond acceptors (Lipinski definition) is 3. The zero-order valence-corrected chi connectivity index (χ0v) is 22.4. The fourth-order valence-corrected chi connectivity index (χ4v) is 4.93. The summed E-state index contributed by atoms with van der Waals surface area (Å²) >= 11 is 0. The van der Waals surface area contributed by atoms with Crippen molar-refractivity contribution in [3.63, 3.8) is 0 Å². The molecule has 0 N–H and O–H groups in total. The zero-order chi connectivity index (χ0) is 21.7. The average molecular weight is 422 g/mol. The maximum absolute atomic E-state index is 6.79. The number of rotatable bonds is 6. The third-order valence-corrected chi connectivity index (χ3v) is 15.8. The summed E-state index contributed by atoms with van der Waals surface area (Å²) in [5, 5.41) is 0.315. The summed E-state index contributed by atoms with van der Waals surface area (Å²) in [5.41, 5.74) is 1.38. The highest BCUT2D eigenvalue weighted by molar-refractivity contribution is 6.75. The Morgan fingerprint density at radius 1 is 0.821 bits per heavy atom. The first-order chi connectivity index (χ1) is 12.5. The summed E-state index contributed by atoms with van der Waals surface area (Å²) in [4.78, 5) is 2.33. The fourth-order valence-electron chi connectivity index (χ4n) is 2.89. The Hall–Kier alpha value is -0.786. The average Bonchev–Trinajstić information content (AvgIpc) is 3.26. The quantitative estimate of drug-likeness (QED) is 0.468. The summed E-state index contributed by atoms with van der Waals surface area (Å²) in [5.74, 6) is 2.50. The van der Waals surface area contributed by atoms with Gasteiger partial charge in [-0.25, -0.2) is 0 Å². The van der Waals surface area contributed by atoms with E-state index in [9.17, 15) is 0 Å². The summed E-state index contributed by atoms with van der Waals surface area (Å²) in [7, 11) is 0.466. The summed E-state index contributed by atoms with van der Waals surface area (Å²) in [6.07, 6.45) is 1.23. The third-order valence-electron chi connectivity index (χ3n) is 7.16. The van der Waals surface area contributed by atoms with E-state index in [2.05, 4.69) is 105 Å². The van der Waals surface area contributed by atoms with E-state index >= 15 is 0 Å². The SMILES string of the molecule is CN(C)C1CC1c1ccc(O[Si](C)(C)C(C)(C)C)c(O[Si](C)(C)C(C)(C)C)c1. The monoisotopic (exact) mass is 421 g/mol. The van der Waals surface area contributed by atoms with E-state index in [4.69, 9.17) is 8.85 Å². The molecule has 0 amide bonds. The standard InChI is InChI=1S/C23H43NO2Si2/c1-22(2,3)27(9,10)25-20-14-13-17(18-16-19(18)24(7)8)15-21(20)26-28(11,12)23(4,5)6/h13-15,18-19H,16H2,1-12H3. The molecule has 0 radical (unpaired) electrons. The summed E-state index contributed by atoms with van der Waals surface area (Å²) in [6, 6.07) is 7.35. The molecule has 2 unspecified atom stereocenters. The van der Waals surface area contributed by atoms with E-state index in [1.807, 2.05) is 0 Å². The van der Waals surface area contributed by atoms with E-state index in [0.29, 0.717) is 12.0 Å². The lowest BCUT2D eigenvalue weighted by Crippen LogP contribution is -2.45. The molecule has 1 aromatic carbocycles. The molecule has 5 heteroatoms. The van der Waals surface area contributed by atoms with E-state index in [1.54, 1.807) is 0 Å². The van der Waals surface area contributed by atoms with E-state index in [1.165, 1.54) is 12.0 Å². The lowest BCUT2D eigenvalue weighted by molar-refractivity contribution is 0.391. The zero-order valence-electron chi connectivity index (χ0n) is 20.4. The predicted octanol–water partition coefficient (Wildman–Crippen LogP) is 6.87. The van der Waals surface area contributed by atoms with E-state index in [-0.39, 0.29) is 10.1 Å². The molecule has 0 saturated heterocycles. The minimum absolute atomic E-state index is 0.156. The van der Waals surface area contributed by atoms with Crippen molar-refractivity contribution in [2.45, 2.75) is 96.2 Å². The molecule has 1 fully saturated rings. The molecule has 0 bridgehead atoms. The first-order valence-electron chi connectivity index (χ1n) is 10.6. The summed E-state index contributed by atoms with van der Waals surface area (Å²) < 4.78 is 13.5. The van der Waals surface area contributed by atoms with Gasteiger partial charge in [-0.1, -0.05) is 47.6 Å². The molecule has 1 saturated carbocycles. The summed E-state index contributed by atoms with van der Waals surface area (Å²) in [6.45, 7) is 23.0. The second-order valence-electron chi connectivity index (χ2n) is 11.8. The van der Waals surface area contributed by atoms with Crippen molar-refractivity contribution in [3.8, 4) is 11.5 Å². The van der Waals surface area contributed by atoms with Gasteiger partial charge in [-0.05, 0) is 74.5 Å². The first kappa shape index (κ1) is 23.5. The number of hydrogen-bond donors (Lipinski definition) is 0. The van der Waals surface area contributed by atoms with E-state index in [0.717, 1.165) is 11.5 Å². The molecule has 1 aromatic rings. The molecule has 0 aromatic heterocycles. The molecular formula is C23H43NO2Si2. The van der Waals surface area contributed by atoms with Crippen molar-refractivity contribution in [1.82, 2.24) is 4.90 Å². The fraction of sp³-hybridized carbons (Fsp3) is 0.739. The van der Waals surface area contributed by atoms with Crippen LogP contribution in [0.2, 0.25) is 36.3 Å². The Morgan fingerprint density at radius 2 is 1.29 bits per heavy atom. The van der Waals surface area contributed by atoms with Crippen LogP contribution >= 0.6 is 0 Å². The third kappa shape index (κ3) is 5.03. The molecule has 1 aliphatic rings. The molecule has 0 aliphatic heterocycles. The molecule has 0 heterocycles. The highest BCUT2D eigenvalue weighted by Crippen LogP contribution is 2.48. The van der Waals surface area contributed by atoms with Crippen molar-refractivity contribution in [2.75, 3.05) is 14.1 Å². The van der Waals surface area contributed by atoms with Crippen molar-refractivity contribution in [3.05, 3.63) is 23.8 Å². The first-order valence-corrected chi connectivity index (χ1v) is 16.5. The lowest BCUT2D eigenvalue weighted by atomic mass is 10.1. The van der Waals surface area contributed by atoms with E-state index < -0.39 is 16.6 Å². The molecule has 1 aliphatic carbocycles. The highest BCUT2D eigenvalue weighted by atomic mass is 28.4. The van der Waals surface area contributed by atoms with Crippen molar-refractivity contribution < 1.29 is 8.85 Å². The number of likely N-dealkylation sites (N-methyl/N-ethyl adjacent to an activating group) is 1. The number of benzene rings is 1. The largest absolute Gasteiger partial charge is 0.541 e. The molecule has 160 valence electrons. The number of nitrogens with zero attached hydrogens (tertiary/aromatic N) is 1. The molecule has 3 nitrogen and oxygen atoms in total. The van der Waals surface area contributed by atoms with Gasteiger partial charge >= 0.3 is 0 Å². The Kier molecular flexibility index (Phi) is 6.27. The maximum Gasteiger partial charge on any atom is 0.250 e. The van der Waals surface area contributed by atoms with Gasteiger partial charge in [0.1, 0.15) is 11.5 Å². The van der Waals surface area contributed by atoms with Gasteiger partial charge in [-0.15, -0.1) is 0 Å². The van der Waals surface area contributed by atoms with Gasteiger partial charge in [-0.3, -0.25) is 0 Å². The normalized spacial score (nSPS) is 21.0. The van der Waals surface area contributed by atoms with Gasteiger partial charge < -0.3 is 13.8 Å². The van der Waals surface area contributed by atoms with Crippen LogP contribution in [0.15, 0.2) is 18.2 Å². The molecule has 2 rings (SSSR count). The van der Waals surface area contributed by atoms with Crippen LogP contribution in [0.3, 0.4) is 0 Å². The van der Waals surface area contributed by atoms with Crippen LogP contribution in [0, 0.1) is 0 Å². The van der Waals surface area contributed by atoms with Gasteiger partial charge in [0.2, 0.25) is 0 Å². The maximum atomic E-state index is 6.79. The van der Waals surface area contributed by atoms with Crippen molar-refractivity contribution >= 4 is 16.6 Å². The Balaban J connectivity index is 2.41. The van der Waals surface area contributed by atoms with Gasteiger partial charge in [0, 0.05) is 12.0 Å². The van der Waals surface area contributed by atoms with Crippen LogP contribution in [0.1, 0.15) is 59.4 Å². The van der Waals surface area contributed by atoms with Crippen LogP contribution < -0.4 is 8.85 Å². The smallest absolute Gasteiger partial charge is 0.250 e. The van der Waals surface area contributed by atoms with Crippen molar-refractivity contribution in [1.29, 1.82) is 0 Å². The second-order valence-corrected chi connectivity index (χ2v) is 21.3. The minimum atomic E-state index is -1.95. The van der Waals surface area contributed by atoms with Crippen LogP contribution in [0.4, 0.5) is 0 Å². The minimum Gasteiger partial charge on any atom is -0.541 e. The Morgan fingerprint density at radius 3 is 1.68 bits per heavy atom. The molecule has 0 spiro atoms. The molecule has 28 heavy (non-hydrogen) atoms. The second kappa shape index (κ2) is 7.48.